The van der Waals surface area contributed by atoms with E-state index in [0.717, 1.165) is 22.6 Å². The van der Waals surface area contributed by atoms with Crippen molar-refractivity contribution in [2.24, 2.45) is 0 Å². The molecule has 0 aliphatic carbocycles. The molecule has 0 amide bonds. The minimum Gasteiger partial charge on any atom is -0.497 e. The molecule has 0 unspecified atom stereocenters. The van der Waals surface area contributed by atoms with Crippen LogP contribution in [0.2, 0.25) is 0 Å². The molecule has 1 aromatic heterocycles. The van der Waals surface area contributed by atoms with Gasteiger partial charge in [0.15, 0.2) is 5.78 Å². The molecule has 0 aliphatic rings. The lowest BCUT2D eigenvalue weighted by molar-refractivity contribution is -0.142. The number of benzene rings is 2. The summed E-state index contributed by atoms with van der Waals surface area (Å²) >= 11 is 0. The van der Waals surface area contributed by atoms with Crippen LogP contribution in [0.1, 0.15) is 12.5 Å². The largest absolute Gasteiger partial charge is 0.497 e. The van der Waals surface area contributed by atoms with Crippen LogP contribution >= 0.6 is 0 Å². The third kappa shape index (κ3) is 4.73. The van der Waals surface area contributed by atoms with Gasteiger partial charge in [0.1, 0.15) is 12.4 Å². The van der Waals surface area contributed by atoms with E-state index in [1.54, 1.807) is 17.9 Å². The second-order valence-electron chi connectivity index (χ2n) is 6.08. The summed E-state index contributed by atoms with van der Waals surface area (Å²) < 4.78 is 11.8. The molecule has 142 valence electrons. The first kappa shape index (κ1) is 19.1. The standard InChI is InChI=1S/C22H20N2O4/c1-16(25)15-28-21(26)13-10-18-14-24(19-6-4-3-5-7-19)23-22(18)17-8-11-20(27-2)12-9-17/h3-14H,15H2,1-2H3/b13-10+. The van der Waals surface area contributed by atoms with E-state index in [2.05, 4.69) is 5.10 Å². The number of para-hydroxylation sites is 1. The van der Waals surface area contributed by atoms with Gasteiger partial charge in [0.25, 0.3) is 0 Å². The number of nitrogens with zero attached hydrogens (tertiary/aromatic N) is 2. The zero-order valence-corrected chi connectivity index (χ0v) is 15.7. The van der Waals surface area contributed by atoms with Gasteiger partial charge in [-0.2, -0.15) is 5.10 Å². The van der Waals surface area contributed by atoms with Crippen molar-refractivity contribution in [2.45, 2.75) is 6.92 Å². The van der Waals surface area contributed by atoms with E-state index in [4.69, 9.17) is 9.47 Å². The van der Waals surface area contributed by atoms with Gasteiger partial charge in [-0.05, 0) is 49.4 Å². The van der Waals surface area contributed by atoms with Crippen LogP contribution < -0.4 is 4.74 Å². The van der Waals surface area contributed by atoms with Gasteiger partial charge in [-0.1, -0.05) is 18.2 Å². The highest BCUT2D eigenvalue weighted by atomic mass is 16.5. The highest BCUT2D eigenvalue weighted by Gasteiger charge is 2.11. The lowest BCUT2D eigenvalue weighted by Gasteiger charge is -2.02. The second kappa shape index (κ2) is 8.81. The Kier molecular flexibility index (Phi) is 6.01. The third-order valence-corrected chi connectivity index (χ3v) is 3.94. The van der Waals surface area contributed by atoms with Crippen LogP contribution in [0.3, 0.4) is 0 Å². The predicted molar refractivity (Wildman–Crippen MR) is 106 cm³/mol. The minimum atomic E-state index is -0.580. The molecular weight excluding hydrogens is 356 g/mol. The normalized spacial score (nSPS) is 10.8. The van der Waals surface area contributed by atoms with Crippen molar-refractivity contribution in [3.05, 3.63) is 72.4 Å². The van der Waals surface area contributed by atoms with Crippen LogP contribution in [-0.2, 0) is 14.3 Å². The molecule has 3 aromatic rings. The summed E-state index contributed by atoms with van der Waals surface area (Å²) in [4.78, 5) is 22.8. The Morgan fingerprint density at radius 3 is 2.43 bits per heavy atom. The Morgan fingerprint density at radius 1 is 1.07 bits per heavy atom. The van der Waals surface area contributed by atoms with Crippen molar-refractivity contribution in [3.8, 4) is 22.7 Å². The van der Waals surface area contributed by atoms with Gasteiger partial charge in [0, 0.05) is 23.4 Å². The topological polar surface area (TPSA) is 70.4 Å². The fraction of sp³-hybridized carbons (Fsp3) is 0.136. The summed E-state index contributed by atoms with van der Waals surface area (Å²) in [5, 5.41) is 4.68. The van der Waals surface area contributed by atoms with E-state index >= 15 is 0 Å². The molecule has 0 N–H and O–H groups in total. The number of carbonyl (C=O) groups excluding carboxylic acids is 2. The zero-order valence-electron chi connectivity index (χ0n) is 15.7. The molecule has 0 aliphatic heterocycles. The van der Waals surface area contributed by atoms with Gasteiger partial charge in [-0.15, -0.1) is 0 Å². The fourth-order valence-corrected chi connectivity index (χ4v) is 2.57. The Balaban J connectivity index is 1.95. The molecule has 0 saturated heterocycles. The molecule has 28 heavy (non-hydrogen) atoms. The minimum absolute atomic E-state index is 0.211. The van der Waals surface area contributed by atoms with Crippen LogP contribution in [0.5, 0.6) is 5.75 Å². The number of carbonyl (C=O) groups is 2. The van der Waals surface area contributed by atoms with Crippen molar-refractivity contribution in [2.75, 3.05) is 13.7 Å². The zero-order chi connectivity index (χ0) is 19.9. The highest BCUT2D eigenvalue weighted by Crippen LogP contribution is 2.26. The Labute approximate surface area is 163 Å². The van der Waals surface area contributed by atoms with E-state index in [0.29, 0.717) is 5.69 Å². The van der Waals surface area contributed by atoms with E-state index in [1.807, 2.05) is 60.8 Å². The maximum Gasteiger partial charge on any atom is 0.331 e. The molecule has 0 spiro atoms. The number of rotatable bonds is 7. The van der Waals surface area contributed by atoms with Gasteiger partial charge < -0.3 is 9.47 Å². The average Bonchev–Trinajstić information content (AvgIpc) is 3.15. The molecule has 0 saturated carbocycles. The van der Waals surface area contributed by atoms with Gasteiger partial charge >= 0.3 is 5.97 Å². The molecule has 2 aromatic carbocycles. The summed E-state index contributed by atoms with van der Waals surface area (Å²) in [6, 6.07) is 17.2. The smallest absolute Gasteiger partial charge is 0.331 e. The molecule has 0 radical (unpaired) electrons. The van der Waals surface area contributed by atoms with Crippen molar-refractivity contribution >= 4 is 17.8 Å². The number of ketones is 1. The van der Waals surface area contributed by atoms with E-state index in [1.165, 1.54) is 13.0 Å². The van der Waals surface area contributed by atoms with E-state index in [-0.39, 0.29) is 12.4 Å². The number of Topliss-reactive ketones (excluding diaryl/α,β-unsaturated/α-hetero) is 1. The van der Waals surface area contributed by atoms with Gasteiger partial charge in [-0.25, -0.2) is 9.48 Å². The summed E-state index contributed by atoms with van der Waals surface area (Å²) in [5.74, 6) is -0.0444. The summed E-state index contributed by atoms with van der Waals surface area (Å²) in [5.41, 5.74) is 3.24. The number of aromatic nitrogens is 2. The van der Waals surface area contributed by atoms with Crippen LogP contribution in [0.4, 0.5) is 0 Å². The summed E-state index contributed by atoms with van der Waals surface area (Å²) in [6.45, 7) is 1.13. The van der Waals surface area contributed by atoms with Gasteiger partial charge in [0.2, 0.25) is 0 Å². The maximum atomic E-state index is 11.8. The molecule has 6 nitrogen and oxygen atoms in total. The maximum absolute atomic E-state index is 11.8. The number of hydrogen-bond acceptors (Lipinski definition) is 5. The molecule has 0 atom stereocenters. The first-order chi connectivity index (χ1) is 13.6. The first-order valence-corrected chi connectivity index (χ1v) is 8.70. The molecule has 0 bridgehead atoms. The Hall–Kier alpha value is -3.67. The second-order valence-corrected chi connectivity index (χ2v) is 6.08. The van der Waals surface area contributed by atoms with Crippen molar-refractivity contribution < 1.29 is 19.1 Å². The first-order valence-electron chi connectivity index (χ1n) is 8.70. The van der Waals surface area contributed by atoms with Gasteiger partial charge in [-0.3, -0.25) is 4.79 Å². The number of hydrogen-bond donors (Lipinski definition) is 0. The van der Waals surface area contributed by atoms with Crippen LogP contribution in [0.15, 0.2) is 66.9 Å². The number of ether oxygens (including phenoxy) is 2. The molecule has 3 rings (SSSR count). The Morgan fingerprint density at radius 2 is 1.79 bits per heavy atom. The van der Waals surface area contributed by atoms with E-state index < -0.39 is 5.97 Å². The van der Waals surface area contributed by atoms with E-state index in [9.17, 15) is 9.59 Å². The quantitative estimate of drug-likeness (QED) is 0.465. The van der Waals surface area contributed by atoms with Crippen LogP contribution in [0.25, 0.3) is 23.0 Å². The lowest BCUT2D eigenvalue weighted by atomic mass is 10.1. The van der Waals surface area contributed by atoms with Crippen LogP contribution in [-0.4, -0.2) is 35.2 Å². The predicted octanol–water partition coefficient (Wildman–Crippen LogP) is 3.69. The Bertz CT molecular complexity index is 989. The summed E-state index contributed by atoms with van der Waals surface area (Å²) in [7, 11) is 1.61. The molecule has 6 heteroatoms. The average molecular weight is 376 g/mol. The number of methoxy groups -OCH3 is 1. The van der Waals surface area contributed by atoms with Gasteiger partial charge in [0.05, 0.1) is 18.5 Å². The third-order valence-electron chi connectivity index (χ3n) is 3.94. The number of esters is 1. The van der Waals surface area contributed by atoms with Crippen LogP contribution in [0, 0.1) is 0 Å². The molecule has 1 heterocycles. The molecule has 0 fully saturated rings. The van der Waals surface area contributed by atoms with Crippen molar-refractivity contribution in [3.63, 3.8) is 0 Å². The lowest BCUT2D eigenvalue weighted by Crippen LogP contribution is -2.08. The molecular formula is C22H20N2O4. The highest BCUT2D eigenvalue weighted by molar-refractivity contribution is 5.90. The van der Waals surface area contributed by atoms with Crippen molar-refractivity contribution in [1.29, 1.82) is 0 Å². The fourth-order valence-electron chi connectivity index (χ4n) is 2.57. The SMILES string of the molecule is COc1ccc(-c2nn(-c3ccccc3)cc2/C=C/C(=O)OCC(C)=O)cc1. The summed E-state index contributed by atoms with van der Waals surface area (Å²) in [6.07, 6.45) is 4.76. The van der Waals surface area contributed by atoms with Crippen molar-refractivity contribution in [1.82, 2.24) is 9.78 Å². The monoisotopic (exact) mass is 376 g/mol.